The Kier molecular flexibility index (Phi) is 6.47. The smallest absolute Gasteiger partial charge is 0.407 e. The third-order valence-electron chi connectivity index (χ3n) is 7.61. The fourth-order valence-corrected chi connectivity index (χ4v) is 5.66. The van der Waals surface area contributed by atoms with Crippen molar-refractivity contribution in [1.29, 1.82) is 0 Å². The van der Waals surface area contributed by atoms with E-state index in [9.17, 15) is 19.5 Å². The van der Waals surface area contributed by atoms with Crippen molar-refractivity contribution in [3.63, 3.8) is 0 Å². The Labute approximate surface area is 204 Å². The number of carbonyl (C=O) groups is 3. The molecule has 0 bridgehead atoms. The molecule has 5 rings (SSSR count). The van der Waals surface area contributed by atoms with Crippen LogP contribution >= 0.6 is 0 Å². The minimum absolute atomic E-state index is 0.0503. The SMILES string of the molecule is O=C(N[C@@H]1CCO[C@@H]1C(=O)NCC1(C(=O)O)CCCC1)OCC1c2ccccc2-c2ccccc21. The second-order valence-corrected chi connectivity index (χ2v) is 9.67. The molecule has 0 unspecified atom stereocenters. The van der Waals surface area contributed by atoms with Crippen LogP contribution in [-0.2, 0) is 19.1 Å². The second kappa shape index (κ2) is 9.70. The normalized spacial score (nSPS) is 22.3. The number of nitrogens with one attached hydrogen (secondary N) is 2. The summed E-state index contributed by atoms with van der Waals surface area (Å²) in [6, 6.07) is 15.7. The number of carboxylic acids is 1. The van der Waals surface area contributed by atoms with Crippen molar-refractivity contribution in [2.75, 3.05) is 19.8 Å². The van der Waals surface area contributed by atoms with Gasteiger partial charge in [-0.15, -0.1) is 0 Å². The zero-order valence-corrected chi connectivity index (χ0v) is 19.5. The number of ether oxygens (including phenoxy) is 2. The van der Waals surface area contributed by atoms with Crippen molar-refractivity contribution in [1.82, 2.24) is 10.6 Å². The topological polar surface area (TPSA) is 114 Å². The highest BCUT2D eigenvalue weighted by atomic mass is 16.6. The van der Waals surface area contributed by atoms with Crippen molar-refractivity contribution in [2.45, 2.75) is 50.2 Å². The summed E-state index contributed by atoms with van der Waals surface area (Å²) < 4.78 is 11.2. The molecule has 0 spiro atoms. The lowest BCUT2D eigenvalue weighted by Crippen LogP contribution is -2.51. The molecule has 3 aliphatic rings. The van der Waals surface area contributed by atoms with Gasteiger partial charge < -0.3 is 25.2 Å². The molecule has 184 valence electrons. The molecule has 1 aliphatic heterocycles. The molecule has 2 fully saturated rings. The van der Waals surface area contributed by atoms with Gasteiger partial charge in [0, 0.05) is 19.1 Å². The van der Waals surface area contributed by atoms with Gasteiger partial charge in [-0.05, 0) is 41.5 Å². The summed E-state index contributed by atoms with van der Waals surface area (Å²) in [5.74, 6) is -1.33. The van der Waals surface area contributed by atoms with Crippen LogP contribution in [0.25, 0.3) is 11.1 Å². The average Bonchev–Trinajstić information content (AvgIpc) is 3.60. The fraction of sp³-hybridized carbons (Fsp3) is 0.444. The van der Waals surface area contributed by atoms with Crippen LogP contribution in [0.4, 0.5) is 4.79 Å². The molecule has 8 heteroatoms. The highest BCUT2D eigenvalue weighted by Crippen LogP contribution is 2.44. The molecule has 3 N–H and O–H groups in total. The summed E-state index contributed by atoms with van der Waals surface area (Å²) in [4.78, 5) is 37.2. The number of hydrogen-bond donors (Lipinski definition) is 3. The van der Waals surface area contributed by atoms with Crippen LogP contribution in [0.5, 0.6) is 0 Å². The number of alkyl carbamates (subject to hydrolysis) is 1. The van der Waals surface area contributed by atoms with Gasteiger partial charge in [0.1, 0.15) is 6.61 Å². The molecule has 2 amide bonds. The maximum atomic E-state index is 12.8. The van der Waals surface area contributed by atoms with Gasteiger partial charge in [-0.2, -0.15) is 0 Å². The van der Waals surface area contributed by atoms with Crippen LogP contribution in [0, 0.1) is 5.41 Å². The molecule has 1 saturated carbocycles. The van der Waals surface area contributed by atoms with Crippen LogP contribution < -0.4 is 10.6 Å². The standard InChI is InChI=1S/C27H30N2O6/c30-24(28-16-27(25(31)32)12-5-6-13-27)23-22(11-14-34-23)29-26(33)35-15-21-19-9-3-1-7-17(19)18-8-2-4-10-20(18)21/h1-4,7-10,21-23H,5-6,11-16H2,(H,28,30)(H,29,33)(H,31,32)/t22-,23+/m1/s1. The van der Waals surface area contributed by atoms with Crippen LogP contribution in [0.2, 0.25) is 0 Å². The first-order valence-corrected chi connectivity index (χ1v) is 12.2. The third-order valence-corrected chi connectivity index (χ3v) is 7.61. The minimum Gasteiger partial charge on any atom is -0.481 e. The van der Waals surface area contributed by atoms with E-state index >= 15 is 0 Å². The number of fused-ring (bicyclic) bond motifs is 3. The predicted molar refractivity (Wildman–Crippen MR) is 128 cm³/mol. The van der Waals surface area contributed by atoms with E-state index in [1.54, 1.807) is 0 Å². The number of rotatable bonds is 7. The molecular weight excluding hydrogens is 448 g/mol. The first-order chi connectivity index (χ1) is 17.0. The van der Waals surface area contributed by atoms with Crippen LogP contribution in [0.1, 0.15) is 49.1 Å². The van der Waals surface area contributed by atoms with Crippen molar-refractivity contribution in [3.8, 4) is 11.1 Å². The van der Waals surface area contributed by atoms with Gasteiger partial charge in [-0.25, -0.2) is 4.79 Å². The summed E-state index contributed by atoms with van der Waals surface area (Å²) in [5.41, 5.74) is 3.65. The van der Waals surface area contributed by atoms with Gasteiger partial charge in [-0.1, -0.05) is 61.4 Å². The molecule has 8 nitrogen and oxygen atoms in total. The van der Waals surface area contributed by atoms with Crippen LogP contribution in [0.3, 0.4) is 0 Å². The summed E-state index contributed by atoms with van der Waals surface area (Å²) in [7, 11) is 0. The average molecular weight is 479 g/mol. The maximum Gasteiger partial charge on any atom is 0.407 e. The highest BCUT2D eigenvalue weighted by Gasteiger charge is 2.43. The molecule has 2 aromatic rings. The van der Waals surface area contributed by atoms with Gasteiger partial charge in [0.15, 0.2) is 6.10 Å². The highest BCUT2D eigenvalue weighted by molar-refractivity contribution is 5.84. The van der Waals surface area contributed by atoms with Gasteiger partial charge in [0.2, 0.25) is 0 Å². The minimum atomic E-state index is -0.913. The number of benzene rings is 2. The first kappa shape index (κ1) is 23.4. The van der Waals surface area contributed by atoms with Crippen molar-refractivity contribution < 1.29 is 29.0 Å². The lowest BCUT2D eigenvalue weighted by atomic mass is 9.86. The summed E-state index contributed by atoms with van der Waals surface area (Å²) in [6.45, 7) is 0.584. The quantitative estimate of drug-likeness (QED) is 0.562. The molecule has 35 heavy (non-hydrogen) atoms. The molecule has 1 saturated heterocycles. The predicted octanol–water partition coefficient (Wildman–Crippen LogP) is 3.44. The zero-order valence-electron chi connectivity index (χ0n) is 19.5. The lowest BCUT2D eigenvalue weighted by molar-refractivity contribution is -0.148. The van der Waals surface area contributed by atoms with Gasteiger partial charge in [0.05, 0.1) is 11.5 Å². The Morgan fingerprint density at radius 1 is 1.00 bits per heavy atom. The summed E-state index contributed by atoms with van der Waals surface area (Å²) in [5, 5.41) is 15.2. The second-order valence-electron chi connectivity index (χ2n) is 9.67. The van der Waals surface area contributed by atoms with E-state index in [4.69, 9.17) is 9.47 Å². The van der Waals surface area contributed by atoms with E-state index in [0.29, 0.717) is 25.9 Å². The van der Waals surface area contributed by atoms with Crippen molar-refractivity contribution in [2.24, 2.45) is 5.41 Å². The van der Waals surface area contributed by atoms with Crippen LogP contribution in [0.15, 0.2) is 48.5 Å². The Balaban J connectivity index is 1.17. The van der Waals surface area contributed by atoms with Crippen molar-refractivity contribution in [3.05, 3.63) is 59.7 Å². The van der Waals surface area contributed by atoms with Crippen molar-refractivity contribution >= 4 is 18.0 Å². The molecule has 1 heterocycles. The summed E-state index contributed by atoms with van der Waals surface area (Å²) in [6.07, 6.45) is 1.79. The zero-order chi connectivity index (χ0) is 24.4. The maximum absolute atomic E-state index is 12.8. The van der Waals surface area contributed by atoms with E-state index in [-0.39, 0.29) is 19.1 Å². The Bertz CT molecular complexity index is 1080. The molecule has 0 aromatic heterocycles. The third kappa shape index (κ3) is 4.50. The molecular formula is C27H30N2O6. The van der Waals surface area contributed by atoms with E-state index in [1.807, 2.05) is 24.3 Å². The van der Waals surface area contributed by atoms with E-state index in [0.717, 1.165) is 35.1 Å². The lowest BCUT2D eigenvalue weighted by Gasteiger charge is -2.26. The number of hydrogen-bond acceptors (Lipinski definition) is 5. The first-order valence-electron chi connectivity index (χ1n) is 12.2. The number of carbonyl (C=O) groups excluding carboxylic acids is 2. The molecule has 2 atom stereocenters. The van der Waals surface area contributed by atoms with Gasteiger partial charge >= 0.3 is 12.1 Å². The molecule has 2 aromatic carbocycles. The van der Waals surface area contributed by atoms with Crippen LogP contribution in [-0.4, -0.2) is 55.0 Å². The Morgan fingerprint density at radius 3 is 2.26 bits per heavy atom. The number of amides is 2. The Morgan fingerprint density at radius 2 is 1.63 bits per heavy atom. The monoisotopic (exact) mass is 478 g/mol. The Hall–Kier alpha value is -3.39. The largest absolute Gasteiger partial charge is 0.481 e. The van der Waals surface area contributed by atoms with Gasteiger partial charge in [0.25, 0.3) is 5.91 Å². The number of aliphatic carboxylic acids is 1. The number of carboxylic acid groups (broad SMARTS) is 1. The van der Waals surface area contributed by atoms with E-state index < -0.39 is 35.5 Å². The molecule has 0 radical (unpaired) electrons. The fourth-order valence-electron chi connectivity index (χ4n) is 5.66. The summed E-state index contributed by atoms with van der Waals surface area (Å²) >= 11 is 0. The van der Waals surface area contributed by atoms with E-state index in [1.165, 1.54) is 0 Å². The van der Waals surface area contributed by atoms with E-state index in [2.05, 4.69) is 34.9 Å². The van der Waals surface area contributed by atoms with Gasteiger partial charge in [-0.3, -0.25) is 9.59 Å². The molecule has 2 aliphatic carbocycles.